The monoisotopic (exact) mass is 217 g/mol. The summed E-state index contributed by atoms with van der Waals surface area (Å²) in [6.07, 6.45) is 11.4. The molecule has 2 N–H and O–H groups in total. The summed E-state index contributed by atoms with van der Waals surface area (Å²) in [5.41, 5.74) is 0. The highest BCUT2D eigenvalue weighted by molar-refractivity contribution is 4.62. The lowest BCUT2D eigenvalue weighted by Crippen LogP contribution is -3.10. The smallest absolute Gasteiger partial charge is 0.0870 e. The predicted octanol–water partition coefficient (Wildman–Crippen LogP) is 2.48. The van der Waals surface area contributed by atoms with Gasteiger partial charge in [0, 0.05) is 0 Å². The van der Waals surface area contributed by atoms with Crippen molar-refractivity contribution in [2.45, 2.75) is 71.3 Å². The molecule has 2 nitrogen and oxygen atoms in total. The van der Waals surface area contributed by atoms with Crippen LogP contribution < -0.4 is 4.90 Å². The highest BCUT2D eigenvalue weighted by Gasteiger charge is 2.17. The largest absolute Gasteiger partial charge is 0.870 e. The van der Waals surface area contributed by atoms with Crippen LogP contribution in [-0.2, 0) is 0 Å². The Morgan fingerprint density at radius 1 is 0.933 bits per heavy atom. The zero-order chi connectivity index (χ0) is 10.8. The van der Waals surface area contributed by atoms with Crippen LogP contribution in [0.5, 0.6) is 0 Å². The second-order valence-corrected chi connectivity index (χ2v) is 4.77. The van der Waals surface area contributed by atoms with Gasteiger partial charge in [-0.15, -0.1) is 0 Å². The van der Waals surface area contributed by atoms with Gasteiger partial charge >= 0.3 is 0 Å². The first-order chi connectivity index (χ1) is 6.72. The molecule has 0 unspecified atom stereocenters. The van der Waals surface area contributed by atoms with Crippen molar-refractivity contribution in [1.29, 1.82) is 0 Å². The van der Waals surface area contributed by atoms with Gasteiger partial charge in [-0.3, -0.25) is 0 Å². The third-order valence-electron chi connectivity index (χ3n) is 3.13. The van der Waals surface area contributed by atoms with E-state index in [0.29, 0.717) is 0 Å². The molecule has 0 atom stereocenters. The molecule has 0 aromatic heterocycles. The van der Waals surface area contributed by atoms with Gasteiger partial charge in [-0.25, -0.2) is 0 Å². The van der Waals surface area contributed by atoms with E-state index in [-0.39, 0.29) is 5.48 Å². The summed E-state index contributed by atoms with van der Waals surface area (Å²) in [7, 11) is 4.55. The van der Waals surface area contributed by atoms with Crippen LogP contribution in [0.2, 0.25) is 0 Å². The average molecular weight is 217 g/mol. The molecule has 0 bridgehead atoms. The van der Waals surface area contributed by atoms with E-state index >= 15 is 0 Å². The van der Waals surface area contributed by atoms with Gasteiger partial charge in [0.1, 0.15) is 0 Å². The van der Waals surface area contributed by atoms with E-state index < -0.39 is 0 Å². The molecular weight excluding hydrogens is 186 g/mol. The molecule has 1 fully saturated rings. The van der Waals surface area contributed by atoms with Crippen LogP contribution in [0.25, 0.3) is 0 Å². The Kier molecular flexibility index (Phi) is 13.8. The van der Waals surface area contributed by atoms with Gasteiger partial charge in [-0.2, -0.15) is 0 Å². The van der Waals surface area contributed by atoms with Crippen molar-refractivity contribution in [3.8, 4) is 0 Å². The zero-order valence-corrected chi connectivity index (χ0v) is 11.2. The first-order valence-corrected chi connectivity index (χ1v) is 6.52. The first kappa shape index (κ1) is 17.3. The Hall–Kier alpha value is -0.0800. The van der Waals surface area contributed by atoms with E-state index in [2.05, 4.69) is 27.9 Å². The Balaban J connectivity index is 0. The van der Waals surface area contributed by atoms with Gasteiger partial charge in [-0.1, -0.05) is 39.5 Å². The van der Waals surface area contributed by atoms with E-state index in [9.17, 15) is 0 Å². The van der Waals surface area contributed by atoms with E-state index in [4.69, 9.17) is 0 Å². The van der Waals surface area contributed by atoms with Crippen molar-refractivity contribution in [3.63, 3.8) is 0 Å². The van der Waals surface area contributed by atoms with Crippen LogP contribution in [0.4, 0.5) is 0 Å². The average Bonchev–Trinajstić information content (AvgIpc) is 2.21. The molecule has 1 aliphatic rings. The molecule has 0 aromatic rings. The van der Waals surface area contributed by atoms with Crippen LogP contribution in [0, 0.1) is 0 Å². The number of quaternary nitrogens is 1. The summed E-state index contributed by atoms with van der Waals surface area (Å²) in [4.78, 5) is 1.65. The van der Waals surface area contributed by atoms with E-state index in [1.54, 1.807) is 4.90 Å². The van der Waals surface area contributed by atoms with Crippen molar-refractivity contribution in [1.82, 2.24) is 0 Å². The fourth-order valence-electron chi connectivity index (χ4n) is 2.03. The lowest BCUT2D eigenvalue weighted by atomic mass is 9.95. The minimum atomic E-state index is 0. The van der Waals surface area contributed by atoms with Crippen LogP contribution in [-0.4, -0.2) is 25.6 Å². The summed E-state index contributed by atoms with van der Waals surface area (Å²) in [5.74, 6) is 0. The summed E-state index contributed by atoms with van der Waals surface area (Å²) < 4.78 is 0. The van der Waals surface area contributed by atoms with Crippen LogP contribution in [0.15, 0.2) is 0 Å². The quantitative estimate of drug-likeness (QED) is 0.774. The maximum absolute atomic E-state index is 2.27. The third kappa shape index (κ3) is 10.2. The van der Waals surface area contributed by atoms with E-state index in [0.717, 1.165) is 6.04 Å². The van der Waals surface area contributed by atoms with Crippen molar-refractivity contribution in [2.24, 2.45) is 0 Å². The number of rotatable bonds is 3. The highest BCUT2D eigenvalue weighted by atomic mass is 16.0. The molecule has 0 aliphatic heterocycles. The van der Waals surface area contributed by atoms with Crippen LogP contribution in [0.1, 0.15) is 65.2 Å². The second kappa shape index (κ2) is 12.0. The minimum absolute atomic E-state index is 0. The van der Waals surface area contributed by atoms with Gasteiger partial charge < -0.3 is 10.4 Å². The number of nitrogens with one attached hydrogen (secondary N) is 1. The molecule has 1 aliphatic carbocycles. The van der Waals surface area contributed by atoms with Crippen molar-refractivity contribution in [3.05, 3.63) is 0 Å². The Bertz CT molecular complexity index is 107. The Morgan fingerprint density at radius 3 is 1.60 bits per heavy atom. The number of hydrogen-bond acceptors (Lipinski definition) is 1. The fraction of sp³-hybridized carbons (Fsp3) is 1.00. The van der Waals surface area contributed by atoms with E-state index in [1.807, 2.05) is 0 Å². The lowest BCUT2D eigenvalue weighted by Gasteiger charge is -2.24. The van der Waals surface area contributed by atoms with Crippen molar-refractivity contribution < 1.29 is 10.4 Å². The minimum Gasteiger partial charge on any atom is -0.870 e. The molecule has 94 valence electrons. The first-order valence-electron chi connectivity index (χ1n) is 6.52. The zero-order valence-electron chi connectivity index (χ0n) is 11.2. The summed E-state index contributed by atoms with van der Waals surface area (Å²) in [5, 5.41) is 0. The van der Waals surface area contributed by atoms with E-state index in [1.165, 1.54) is 51.4 Å². The molecule has 0 aromatic carbocycles. The molecule has 0 saturated heterocycles. The third-order valence-corrected chi connectivity index (χ3v) is 3.13. The molecule has 0 heterocycles. The maximum Gasteiger partial charge on any atom is 0.0870 e. The molecule has 1 saturated carbocycles. The summed E-state index contributed by atoms with van der Waals surface area (Å²) in [6.45, 7) is 4.42. The summed E-state index contributed by atoms with van der Waals surface area (Å²) in [6, 6.07) is 0.971. The molecule has 15 heavy (non-hydrogen) atoms. The molecule has 0 spiro atoms. The fourth-order valence-corrected chi connectivity index (χ4v) is 2.03. The highest BCUT2D eigenvalue weighted by Crippen LogP contribution is 2.14. The topological polar surface area (TPSA) is 34.4 Å². The summed E-state index contributed by atoms with van der Waals surface area (Å²) >= 11 is 0. The standard InChI is InChI=1S/C8H17N.C5H12.H2O/c1-9(2)8-6-4-3-5-7-8;1-3-5-4-2;/h8H,3-7H2,1-2H3;3-5H2,1-2H3;1H2. The van der Waals surface area contributed by atoms with Gasteiger partial charge in [0.15, 0.2) is 0 Å². The second-order valence-electron chi connectivity index (χ2n) is 4.77. The Labute approximate surface area is 96.4 Å². The van der Waals surface area contributed by atoms with Crippen LogP contribution >= 0.6 is 0 Å². The Morgan fingerprint density at radius 2 is 1.40 bits per heavy atom. The van der Waals surface area contributed by atoms with Gasteiger partial charge in [0.25, 0.3) is 0 Å². The lowest BCUT2D eigenvalue weighted by molar-refractivity contribution is -0.887. The van der Waals surface area contributed by atoms with Crippen molar-refractivity contribution >= 4 is 0 Å². The SMILES string of the molecule is CCCCC.C[NH+](C)C1CCCCC1.[OH-]. The molecule has 1 rings (SSSR count). The van der Waals surface area contributed by atoms with Crippen LogP contribution in [0.3, 0.4) is 0 Å². The molecular formula is C13H31NO. The number of unbranched alkanes of at least 4 members (excludes halogenated alkanes) is 2. The van der Waals surface area contributed by atoms with Crippen molar-refractivity contribution in [2.75, 3.05) is 14.1 Å². The van der Waals surface area contributed by atoms with Gasteiger partial charge in [0.05, 0.1) is 20.1 Å². The van der Waals surface area contributed by atoms with Gasteiger partial charge in [-0.05, 0) is 25.7 Å². The molecule has 0 amide bonds. The number of hydrogen-bond donors (Lipinski definition) is 1. The normalized spacial score (nSPS) is 16.6. The predicted molar refractivity (Wildman–Crippen MR) is 66.8 cm³/mol. The van der Waals surface area contributed by atoms with Gasteiger partial charge in [0.2, 0.25) is 0 Å². The molecule has 0 radical (unpaired) electrons. The molecule has 2 heteroatoms. The maximum atomic E-state index is 2.27.